The molecule has 2 nitrogen and oxygen atoms in total. The Labute approximate surface area is 86.9 Å². The van der Waals surface area contributed by atoms with Crippen molar-refractivity contribution < 1.29 is 4.79 Å². The first kappa shape index (κ1) is 12.8. The second kappa shape index (κ2) is 5.53. The van der Waals surface area contributed by atoms with Crippen LogP contribution in [0.15, 0.2) is 0 Å². The number of carbonyl (C=O) groups is 1. The Bertz CT molecular complexity index is 163. The van der Waals surface area contributed by atoms with E-state index in [4.69, 9.17) is 0 Å². The summed E-state index contributed by atoms with van der Waals surface area (Å²) in [4.78, 5) is 10.5. The molecule has 0 bridgehead atoms. The number of nitrogens with one attached hydrogen (secondary N) is 1. The molecule has 13 heavy (non-hydrogen) atoms. The molecule has 0 aliphatic heterocycles. The van der Waals surface area contributed by atoms with E-state index < -0.39 is 0 Å². The molecular weight excluding hydrogens is 182 g/mol. The van der Waals surface area contributed by atoms with Gasteiger partial charge in [0.2, 0.25) is 0 Å². The van der Waals surface area contributed by atoms with Crippen molar-refractivity contribution in [2.45, 2.75) is 40.5 Å². The molecule has 0 aromatic rings. The number of amides is 1. The molecule has 0 aliphatic rings. The average molecular weight is 203 g/mol. The predicted molar refractivity (Wildman–Crippen MR) is 60.2 cm³/mol. The first-order valence-corrected chi connectivity index (χ1v) is 5.23. The third-order valence-electron chi connectivity index (χ3n) is 1.87. The summed E-state index contributed by atoms with van der Waals surface area (Å²) in [5.41, 5.74) is 0.379. The highest BCUT2D eigenvalue weighted by Crippen LogP contribution is 2.25. The number of thiol groups is 1. The van der Waals surface area contributed by atoms with E-state index in [0.717, 1.165) is 13.0 Å². The SMILES string of the molecule is CC(CCNC(=O)S)CC(C)(C)C. The Morgan fingerprint density at radius 1 is 1.46 bits per heavy atom. The van der Waals surface area contributed by atoms with E-state index in [-0.39, 0.29) is 5.24 Å². The minimum absolute atomic E-state index is 0.233. The maximum Gasteiger partial charge on any atom is 0.275 e. The lowest BCUT2D eigenvalue weighted by Crippen LogP contribution is -2.21. The summed E-state index contributed by atoms with van der Waals surface area (Å²) in [5, 5.41) is 2.45. The van der Waals surface area contributed by atoms with Crippen LogP contribution in [-0.4, -0.2) is 11.8 Å². The molecule has 1 amide bonds. The standard InChI is InChI=1S/C10H21NOS/c1-8(7-10(2,3)4)5-6-11-9(12)13/h8H,5-7H2,1-4H3,(H2,11,12,13). The van der Waals surface area contributed by atoms with Gasteiger partial charge in [0.15, 0.2) is 0 Å². The molecule has 0 aliphatic carbocycles. The zero-order valence-corrected chi connectivity index (χ0v) is 9.95. The van der Waals surface area contributed by atoms with Gasteiger partial charge in [0, 0.05) is 6.54 Å². The van der Waals surface area contributed by atoms with E-state index in [0.29, 0.717) is 11.3 Å². The largest absolute Gasteiger partial charge is 0.347 e. The fraction of sp³-hybridized carbons (Fsp3) is 0.900. The molecule has 0 fully saturated rings. The van der Waals surface area contributed by atoms with Crippen LogP contribution in [0.2, 0.25) is 0 Å². The Balaban J connectivity index is 3.52. The van der Waals surface area contributed by atoms with Crippen molar-refractivity contribution in [3.63, 3.8) is 0 Å². The quantitative estimate of drug-likeness (QED) is 0.675. The van der Waals surface area contributed by atoms with Gasteiger partial charge in [0.05, 0.1) is 0 Å². The zero-order valence-electron chi connectivity index (χ0n) is 9.05. The fourth-order valence-corrected chi connectivity index (χ4v) is 1.68. The van der Waals surface area contributed by atoms with Gasteiger partial charge in [0.25, 0.3) is 5.24 Å². The molecule has 78 valence electrons. The summed E-state index contributed by atoms with van der Waals surface area (Å²) in [6, 6.07) is 0. The van der Waals surface area contributed by atoms with E-state index in [1.54, 1.807) is 0 Å². The lowest BCUT2D eigenvalue weighted by Gasteiger charge is -2.23. The van der Waals surface area contributed by atoms with E-state index in [2.05, 4.69) is 45.6 Å². The van der Waals surface area contributed by atoms with Crippen LogP contribution in [0, 0.1) is 11.3 Å². The lowest BCUT2D eigenvalue weighted by molar-refractivity contribution is 0.258. The van der Waals surface area contributed by atoms with Crippen molar-refractivity contribution in [3.8, 4) is 0 Å². The molecule has 0 heterocycles. The molecule has 0 spiro atoms. The van der Waals surface area contributed by atoms with Crippen LogP contribution in [-0.2, 0) is 0 Å². The molecule has 0 aromatic carbocycles. The van der Waals surface area contributed by atoms with E-state index in [1.807, 2.05) is 0 Å². The first-order valence-electron chi connectivity index (χ1n) is 4.78. The minimum atomic E-state index is -0.233. The third-order valence-corrected chi connectivity index (χ3v) is 2.03. The highest BCUT2D eigenvalue weighted by atomic mass is 32.1. The number of rotatable bonds is 4. The molecule has 0 saturated heterocycles. The van der Waals surface area contributed by atoms with Crippen molar-refractivity contribution in [1.29, 1.82) is 0 Å². The van der Waals surface area contributed by atoms with Crippen molar-refractivity contribution >= 4 is 17.9 Å². The average Bonchev–Trinajstić information content (AvgIpc) is 1.81. The second-order valence-electron chi connectivity index (χ2n) is 4.89. The Hall–Kier alpha value is -0.180. The zero-order chi connectivity index (χ0) is 10.5. The van der Waals surface area contributed by atoms with Crippen LogP contribution in [0.4, 0.5) is 4.79 Å². The Kier molecular flexibility index (Phi) is 5.45. The van der Waals surface area contributed by atoms with Gasteiger partial charge in [-0.25, -0.2) is 0 Å². The molecule has 1 N–H and O–H groups in total. The van der Waals surface area contributed by atoms with Crippen molar-refractivity contribution in [2.24, 2.45) is 11.3 Å². The van der Waals surface area contributed by atoms with Crippen molar-refractivity contribution in [2.75, 3.05) is 6.54 Å². The van der Waals surface area contributed by atoms with E-state index in [1.165, 1.54) is 6.42 Å². The monoisotopic (exact) mass is 203 g/mol. The van der Waals surface area contributed by atoms with Crippen LogP contribution >= 0.6 is 12.6 Å². The molecule has 1 unspecified atom stereocenters. The minimum Gasteiger partial charge on any atom is -0.347 e. The van der Waals surface area contributed by atoms with Gasteiger partial charge in [-0.05, 0) is 24.2 Å². The van der Waals surface area contributed by atoms with Gasteiger partial charge < -0.3 is 5.32 Å². The fourth-order valence-electron chi connectivity index (χ4n) is 1.57. The van der Waals surface area contributed by atoms with Gasteiger partial charge in [0.1, 0.15) is 0 Å². The summed E-state index contributed by atoms with van der Waals surface area (Å²) in [6.45, 7) is 9.66. The van der Waals surface area contributed by atoms with Gasteiger partial charge in [-0.15, -0.1) is 0 Å². The van der Waals surface area contributed by atoms with Crippen molar-refractivity contribution in [1.82, 2.24) is 5.32 Å². The summed E-state index contributed by atoms with van der Waals surface area (Å²) >= 11 is 3.64. The van der Waals surface area contributed by atoms with Crippen LogP contribution < -0.4 is 5.32 Å². The molecule has 0 saturated carbocycles. The highest BCUT2D eigenvalue weighted by Gasteiger charge is 2.14. The molecule has 0 aromatic heterocycles. The lowest BCUT2D eigenvalue weighted by atomic mass is 9.84. The Morgan fingerprint density at radius 3 is 2.38 bits per heavy atom. The number of hydrogen-bond acceptors (Lipinski definition) is 1. The maximum atomic E-state index is 10.5. The summed E-state index contributed by atoms with van der Waals surface area (Å²) < 4.78 is 0. The molecule has 0 rings (SSSR count). The molecule has 1 atom stereocenters. The topological polar surface area (TPSA) is 29.1 Å². The molecule has 0 radical (unpaired) electrons. The first-order chi connectivity index (χ1) is 5.81. The number of hydrogen-bond donors (Lipinski definition) is 2. The van der Waals surface area contributed by atoms with Crippen LogP contribution in [0.1, 0.15) is 40.5 Å². The highest BCUT2D eigenvalue weighted by molar-refractivity contribution is 7.96. The molecular formula is C10H21NOS. The normalized spacial score (nSPS) is 13.9. The van der Waals surface area contributed by atoms with Crippen LogP contribution in [0.5, 0.6) is 0 Å². The van der Waals surface area contributed by atoms with Crippen molar-refractivity contribution in [3.05, 3.63) is 0 Å². The number of carbonyl (C=O) groups excluding carboxylic acids is 1. The second-order valence-corrected chi connectivity index (χ2v) is 5.30. The van der Waals surface area contributed by atoms with Crippen LogP contribution in [0.3, 0.4) is 0 Å². The van der Waals surface area contributed by atoms with Gasteiger partial charge in [-0.2, -0.15) is 0 Å². The van der Waals surface area contributed by atoms with Gasteiger partial charge in [-0.1, -0.05) is 40.3 Å². The van der Waals surface area contributed by atoms with Gasteiger partial charge in [-0.3, -0.25) is 4.79 Å². The Morgan fingerprint density at radius 2 is 2.00 bits per heavy atom. The molecule has 3 heteroatoms. The summed E-state index contributed by atoms with van der Waals surface area (Å²) in [5.74, 6) is 0.653. The van der Waals surface area contributed by atoms with E-state index >= 15 is 0 Å². The predicted octanol–water partition coefficient (Wildman–Crippen LogP) is 3.09. The van der Waals surface area contributed by atoms with E-state index in [9.17, 15) is 4.79 Å². The van der Waals surface area contributed by atoms with Crippen LogP contribution in [0.25, 0.3) is 0 Å². The third kappa shape index (κ3) is 9.74. The maximum absolute atomic E-state index is 10.5. The van der Waals surface area contributed by atoms with Gasteiger partial charge >= 0.3 is 0 Å². The smallest absolute Gasteiger partial charge is 0.275 e. The summed E-state index contributed by atoms with van der Waals surface area (Å²) in [6.07, 6.45) is 2.22. The summed E-state index contributed by atoms with van der Waals surface area (Å²) in [7, 11) is 0.